The van der Waals surface area contributed by atoms with Crippen LogP contribution in [0.3, 0.4) is 0 Å². The fraction of sp³-hybridized carbons (Fsp3) is 0.400. The van der Waals surface area contributed by atoms with Crippen molar-refractivity contribution in [1.82, 2.24) is 5.32 Å². The van der Waals surface area contributed by atoms with Crippen molar-refractivity contribution < 1.29 is 9.47 Å². The molecule has 0 radical (unpaired) electrons. The van der Waals surface area contributed by atoms with Gasteiger partial charge in [-0.2, -0.15) is 0 Å². The number of hydrogen-bond donors (Lipinski definition) is 1. The van der Waals surface area contributed by atoms with Crippen molar-refractivity contribution >= 4 is 11.8 Å². The zero-order valence-corrected chi connectivity index (χ0v) is 15.1. The fourth-order valence-electron chi connectivity index (χ4n) is 2.82. The summed E-state index contributed by atoms with van der Waals surface area (Å²) in [6, 6.07) is 18.9. The third kappa shape index (κ3) is 4.53. The molecule has 0 aromatic heterocycles. The zero-order chi connectivity index (χ0) is 16.8. The van der Waals surface area contributed by atoms with Crippen LogP contribution in [0.15, 0.2) is 59.5 Å². The second-order valence-corrected chi connectivity index (χ2v) is 7.36. The molecule has 0 spiro atoms. The van der Waals surface area contributed by atoms with Crippen molar-refractivity contribution in [2.45, 2.75) is 36.2 Å². The number of para-hydroxylation sites is 1. The summed E-state index contributed by atoms with van der Waals surface area (Å²) in [5.41, 5.74) is 1.29. The van der Waals surface area contributed by atoms with E-state index in [-0.39, 0.29) is 17.5 Å². The van der Waals surface area contributed by atoms with Crippen LogP contribution in [0.5, 0.6) is 5.75 Å². The van der Waals surface area contributed by atoms with Gasteiger partial charge in [0.25, 0.3) is 0 Å². The normalized spacial score (nSPS) is 19.2. The summed E-state index contributed by atoms with van der Waals surface area (Å²) in [4.78, 5) is 1.16. The minimum Gasteiger partial charge on any atom is -0.490 e. The minimum atomic E-state index is 0.151. The first-order valence-corrected chi connectivity index (χ1v) is 9.41. The molecule has 24 heavy (non-hydrogen) atoms. The Morgan fingerprint density at radius 2 is 1.83 bits per heavy atom. The highest BCUT2D eigenvalue weighted by Gasteiger charge is 2.27. The molecular weight excluding hydrogens is 318 g/mol. The van der Waals surface area contributed by atoms with E-state index in [0.717, 1.165) is 30.3 Å². The molecule has 1 aliphatic rings. The lowest BCUT2D eigenvalue weighted by molar-refractivity contribution is 0.0273. The van der Waals surface area contributed by atoms with E-state index in [0.29, 0.717) is 0 Å². The Morgan fingerprint density at radius 1 is 1.08 bits per heavy atom. The summed E-state index contributed by atoms with van der Waals surface area (Å²) in [6.45, 7) is 6.68. The van der Waals surface area contributed by atoms with Gasteiger partial charge in [0.15, 0.2) is 0 Å². The number of ether oxygens (including phenoxy) is 2. The van der Waals surface area contributed by atoms with Crippen molar-refractivity contribution in [3.05, 3.63) is 60.2 Å². The summed E-state index contributed by atoms with van der Waals surface area (Å²) in [5.74, 6) is 0.946. The highest BCUT2D eigenvalue weighted by atomic mass is 32.2. The van der Waals surface area contributed by atoms with Gasteiger partial charge in [-0.05, 0) is 31.5 Å². The lowest BCUT2D eigenvalue weighted by atomic mass is 10.1. The van der Waals surface area contributed by atoms with Gasteiger partial charge in [-0.15, -0.1) is 11.8 Å². The Bertz CT molecular complexity index is 627. The molecule has 1 N–H and O–H groups in total. The van der Waals surface area contributed by atoms with Crippen molar-refractivity contribution in [2.75, 3.05) is 19.7 Å². The van der Waals surface area contributed by atoms with Crippen LogP contribution in [0, 0.1) is 0 Å². The smallest absolute Gasteiger partial charge is 0.133 e. The zero-order valence-electron chi connectivity index (χ0n) is 14.3. The third-order valence-corrected chi connectivity index (χ3v) is 5.31. The predicted octanol–water partition coefficient (Wildman–Crippen LogP) is 4.30. The van der Waals surface area contributed by atoms with E-state index in [9.17, 15) is 0 Å². The van der Waals surface area contributed by atoms with E-state index in [1.54, 1.807) is 0 Å². The van der Waals surface area contributed by atoms with Crippen LogP contribution in [0.4, 0.5) is 0 Å². The summed E-state index contributed by atoms with van der Waals surface area (Å²) in [5, 5.41) is 3.68. The number of thioether (sulfide) groups is 1. The van der Waals surface area contributed by atoms with Crippen LogP contribution < -0.4 is 10.1 Å². The first-order valence-electron chi connectivity index (χ1n) is 8.53. The molecule has 0 saturated carbocycles. The second-order valence-electron chi connectivity index (χ2n) is 6.18. The first kappa shape index (κ1) is 17.3. The highest BCUT2D eigenvalue weighted by molar-refractivity contribution is 7.99. The van der Waals surface area contributed by atoms with Crippen LogP contribution in [0.2, 0.25) is 0 Å². The molecule has 1 aliphatic heterocycles. The molecule has 0 bridgehead atoms. The number of morpholine rings is 1. The molecule has 1 saturated heterocycles. The van der Waals surface area contributed by atoms with Gasteiger partial charge < -0.3 is 14.8 Å². The number of nitrogens with one attached hydrogen (secondary N) is 1. The van der Waals surface area contributed by atoms with Crippen molar-refractivity contribution in [1.29, 1.82) is 0 Å². The molecule has 4 heteroatoms. The van der Waals surface area contributed by atoms with Crippen LogP contribution in [-0.2, 0) is 4.74 Å². The van der Waals surface area contributed by atoms with Crippen LogP contribution in [0.25, 0.3) is 0 Å². The molecule has 1 fully saturated rings. The molecule has 2 atom stereocenters. The standard InChI is InChI=1S/C20H25NO2S/c1-15(2)23-17-10-6-7-11-19(17)24-20(16-8-4-3-5-9-16)18-14-21-12-13-22-18/h3-11,15,18,20-21H,12-14H2,1-2H3/t18-,20?/m0/s1. The third-order valence-electron chi connectivity index (χ3n) is 3.89. The Labute approximate surface area is 148 Å². The van der Waals surface area contributed by atoms with E-state index >= 15 is 0 Å². The largest absolute Gasteiger partial charge is 0.490 e. The van der Waals surface area contributed by atoms with E-state index in [2.05, 4.69) is 61.6 Å². The van der Waals surface area contributed by atoms with Gasteiger partial charge >= 0.3 is 0 Å². The molecule has 128 valence electrons. The molecule has 1 unspecified atom stereocenters. The van der Waals surface area contributed by atoms with Gasteiger partial charge in [-0.3, -0.25) is 0 Å². The minimum absolute atomic E-state index is 0.151. The Balaban J connectivity index is 1.87. The molecule has 1 heterocycles. The lowest BCUT2D eigenvalue weighted by Gasteiger charge is -2.31. The van der Waals surface area contributed by atoms with Gasteiger partial charge in [0.05, 0.1) is 29.0 Å². The van der Waals surface area contributed by atoms with Gasteiger partial charge in [0.2, 0.25) is 0 Å². The Hall–Kier alpha value is -1.49. The monoisotopic (exact) mass is 343 g/mol. The Kier molecular flexibility index (Phi) is 6.18. The fourth-order valence-corrected chi connectivity index (χ4v) is 4.10. The topological polar surface area (TPSA) is 30.5 Å². The SMILES string of the molecule is CC(C)Oc1ccccc1SC(c1ccccc1)[C@@H]1CNCCO1. The Morgan fingerprint density at radius 3 is 2.54 bits per heavy atom. The highest BCUT2D eigenvalue weighted by Crippen LogP contribution is 2.43. The van der Waals surface area contributed by atoms with Crippen molar-refractivity contribution in [2.24, 2.45) is 0 Å². The second kappa shape index (κ2) is 8.56. The number of benzene rings is 2. The van der Waals surface area contributed by atoms with Crippen molar-refractivity contribution in [3.8, 4) is 5.75 Å². The molecule has 2 aromatic rings. The van der Waals surface area contributed by atoms with E-state index in [4.69, 9.17) is 9.47 Å². The maximum absolute atomic E-state index is 6.06. The maximum Gasteiger partial charge on any atom is 0.133 e. The predicted molar refractivity (Wildman–Crippen MR) is 99.9 cm³/mol. The summed E-state index contributed by atoms with van der Waals surface area (Å²) in [7, 11) is 0. The van der Waals surface area contributed by atoms with E-state index in [1.807, 2.05) is 23.9 Å². The van der Waals surface area contributed by atoms with Crippen LogP contribution in [0.1, 0.15) is 24.7 Å². The van der Waals surface area contributed by atoms with Gasteiger partial charge in [-0.1, -0.05) is 42.5 Å². The van der Waals surface area contributed by atoms with Crippen LogP contribution >= 0.6 is 11.8 Å². The number of hydrogen-bond acceptors (Lipinski definition) is 4. The summed E-state index contributed by atoms with van der Waals surface area (Å²) < 4.78 is 12.1. The average molecular weight is 343 g/mol. The molecule has 0 aliphatic carbocycles. The molecule has 3 nitrogen and oxygen atoms in total. The first-order chi connectivity index (χ1) is 11.7. The molecular formula is C20H25NO2S. The van der Waals surface area contributed by atoms with Crippen LogP contribution in [-0.4, -0.2) is 31.9 Å². The van der Waals surface area contributed by atoms with Crippen molar-refractivity contribution in [3.63, 3.8) is 0 Å². The van der Waals surface area contributed by atoms with Gasteiger partial charge in [0, 0.05) is 13.1 Å². The molecule has 0 amide bonds. The van der Waals surface area contributed by atoms with Gasteiger partial charge in [0.1, 0.15) is 5.75 Å². The molecule has 2 aromatic carbocycles. The maximum atomic E-state index is 6.06. The lowest BCUT2D eigenvalue weighted by Crippen LogP contribution is -2.41. The number of rotatable bonds is 6. The summed E-state index contributed by atoms with van der Waals surface area (Å²) in [6.07, 6.45) is 0.313. The molecule has 3 rings (SSSR count). The quantitative estimate of drug-likeness (QED) is 0.793. The van der Waals surface area contributed by atoms with Gasteiger partial charge in [-0.25, -0.2) is 0 Å². The average Bonchev–Trinajstić information content (AvgIpc) is 2.62. The summed E-state index contributed by atoms with van der Waals surface area (Å²) >= 11 is 1.83. The van der Waals surface area contributed by atoms with E-state index < -0.39 is 0 Å². The van der Waals surface area contributed by atoms with E-state index in [1.165, 1.54) is 5.56 Å².